The Bertz CT molecular complexity index is 311. The van der Waals surface area contributed by atoms with Gasteiger partial charge in [-0.2, -0.15) is 5.06 Å². The first-order valence-electron chi connectivity index (χ1n) is 6.20. The lowest BCUT2D eigenvalue weighted by Gasteiger charge is -2.48. The average molecular weight is 219 g/mol. The van der Waals surface area contributed by atoms with Crippen molar-refractivity contribution in [2.24, 2.45) is 5.41 Å². The molecule has 0 atom stereocenters. The molecule has 88 valence electrons. The molecule has 1 saturated heterocycles. The van der Waals surface area contributed by atoms with Gasteiger partial charge in [0.05, 0.1) is 6.61 Å². The molecule has 0 bridgehead atoms. The molecule has 0 N–H and O–H groups in total. The molecule has 1 aliphatic rings. The summed E-state index contributed by atoms with van der Waals surface area (Å²) in [6.45, 7) is 7.43. The molecule has 0 radical (unpaired) electrons. The Morgan fingerprint density at radius 2 is 1.75 bits per heavy atom. The molecule has 16 heavy (non-hydrogen) atoms. The molecular formula is C14H21NO. The largest absolute Gasteiger partial charge is 0.294 e. The number of hydrogen-bond acceptors (Lipinski definition) is 2. The molecule has 2 nitrogen and oxygen atoms in total. The van der Waals surface area contributed by atoms with Gasteiger partial charge in [0.1, 0.15) is 0 Å². The molecule has 1 fully saturated rings. The highest BCUT2D eigenvalue weighted by atomic mass is 16.7. The summed E-state index contributed by atoms with van der Waals surface area (Å²) in [4.78, 5) is 5.76. The minimum Gasteiger partial charge on any atom is -0.294 e. The molecule has 2 heteroatoms. The summed E-state index contributed by atoms with van der Waals surface area (Å²) < 4.78 is 0. The summed E-state index contributed by atoms with van der Waals surface area (Å²) in [5.41, 5.74) is 1.77. The number of rotatable bonds is 5. The molecule has 0 aliphatic carbocycles. The van der Waals surface area contributed by atoms with E-state index in [4.69, 9.17) is 4.84 Å². The van der Waals surface area contributed by atoms with E-state index in [9.17, 15) is 0 Å². The van der Waals surface area contributed by atoms with Crippen molar-refractivity contribution in [2.75, 3.05) is 13.1 Å². The van der Waals surface area contributed by atoms with Crippen LogP contribution in [0.25, 0.3) is 0 Å². The number of hydrogen-bond donors (Lipinski definition) is 0. The van der Waals surface area contributed by atoms with Gasteiger partial charge < -0.3 is 0 Å². The zero-order valence-electron chi connectivity index (χ0n) is 10.3. The molecular weight excluding hydrogens is 198 g/mol. The maximum atomic E-state index is 5.76. The fourth-order valence-electron chi connectivity index (χ4n) is 2.23. The van der Waals surface area contributed by atoms with E-state index in [1.54, 1.807) is 0 Å². The zero-order chi connectivity index (χ0) is 11.4. The van der Waals surface area contributed by atoms with Crippen molar-refractivity contribution in [2.45, 2.75) is 33.3 Å². The monoisotopic (exact) mass is 219 g/mol. The minimum absolute atomic E-state index is 0.524. The molecule has 1 aromatic carbocycles. The lowest BCUT2D eigenvalue weighted by molar-refractivity contribution is -0.259. The van der Waals surface area contributed by atoms with Crippen molar-refractivity contribution in [3.05, 3.63) is 35.9 Å². The van der Waals surface area contributed by atoms with Crippen molar-refractivity contribution >= 4 is 0 Å². The lowest BCUT2D eigenvalue weighted by Crippen LogP contribution is -2.55. The second-order valence-corrected chi connectivity index (χ2v) is 4.76. The average Bonchev–Trinajstić information content (AvgIpc) is 2.30. The Kier molecular flexibility index (Phi) is 3.62. The third kappa shape index (κ3) is 2.45. The first-order chi connectivity index (χ1) is 7.78. The molecule has 1 aliphatic heterocycles. The van der Waals surface area contributed by atoms with Crippen LogP contribution >= 0.6 is 0 Å². The Balaban J connectivity index is 1.74. The first kappa shape index (κ1) is 11.6. The zero-order valence-corrected chi connectivity index (χ0v) is 10.3. The molecule has 0 saturated carbocycles. The van der Waals surface area contributed by atoms with Gasteiger partial charge in [-0.15, -0.1) is 0 Å². The Morgan fingerprint density at radius 3 is 2.31 bits per heavy atom. The highest BCUT2D eigenvalue weighted by Crippen LogP contribution is 2.37. The lowest BCUT2D eigenvalue weighted by atomic mass is 9.76. The minimum atomic E-state index is 0.524. The van der Waals surface area contributed by atoms with Crippen LogP contribution in [-0.2, 0) is 11.4 Å². The fraction of sp³-hybridized carbons (Fsp3) is 0.571. The second kappa shape index (κ2) is 4.98. The predicted octanol–water partition coefficient (Wildman–Crippen LogP) is 3.24. The van der Waals surface area contributed by atoms with Crippen LogP contribution in [0.1, 0.15) is 32.3 Å². The number of benzene rings is 1. The third-order valence-electron chi connectivity index (χ3n) is 3.78. The van der Waals surface area contributed by atoms with Crippen LogP contribution in [0, 0.1) is 5.41 Å². The van der Waals surface area contributed by atoms with Crippen LogP contribution in [0.5, 0.6) is 0 Å². The van der Waals surface area contributed by atoms with Crippen molar-refractivity contribution in [3.8, 4) is 0 Å². The summed E-state index contributed by atoms with van der Waals surface area (Å²) in [6, 6.07) is 10.3. The van der Waals surface area contributed by atoms with Gasteiger partial charge in [-0.3, -0.25) is 4.84 Å². The summed E-state index contributed by atoms with van der Waals surface area (Å²) in [5, 5.41) is 2.10. The molecule has 0 spiro atoms. The van der Waals surface area contributed by atoms with Gasteiger partial charge in [-0.25, -0.2) is 0 Å². The van der Waals surface area contributed by atoms with Gasteiger partial charge in [-0.1, -0.05) is 44.2 Å². The summed E-state index contributed by atoms with van der Waals surface area (Å²) in [5.74, 6) is 0. The van der Waals surface area contributed by atoms with Gasteiger partial charge in [-0.05, 0) is 23.8 Å². The van der Waals surface area contributed by atoms with Gasteiger partial charge in [0.25, 0.3) is 0 Å². The van der Waals surface area contributed by atoms with Gasteiger partial charge >= 0.3 is 0 Å². The number of nitrogens with zero attached hydrogens (tertiary/aromatic N) is 1. The van der Waals surface area contributed by atoms with E-state index in [1.165, 1.54) is 18.4 Å². The SMILES string of the molecule is CCC1(CC)CN(OCc2ccccc2)C1. The van der Waals surface area contributed by atoms with Crippen LogP contribution in [0.3, 0.4) is 0 Å². The van der Waals surface area contributed by atoms with Crippen molar-refractivity contribution in [1.82, 2.24) is 5.06 Å². The first-order valence-corrected chi connectivity index (χ1v) is 6.20. The van der Waals surface area contributed by atoms with Crippen LogP contribution < -0.4 is 0 Å². The third-order valence-corrected chi connectivity index (χ3v) is 3.78. The predicted molar refractivity (Wildman–Crippen MR) is 65.8 cm³/mol. The van der Waals surface area contributed by atoms with Gasteiger partial charge in [0.15, 0.2) is 0 Å². The Labute approximate surface area is 98.2 Å². The molecule has 0 amide bonds. The highest BCUT2D eigenvalue weighted by molar-refractivity contribution is 5.13. The highest BCUT2D eigenvalue weighted by Gasteiger charge is 2.40. The summed E-state index contributed by atoms with van der Waals surface area (Å²) in [6.07, 6.45) is 2.52. The maximum Gasteiger partial charge on any atom is 0.0935 e. The maximum absolute atomic E-state index is 5.76. The standard InChI is InChI=1S/C14H21NO/c1-3-14(4-2)11-15(12-14)16-10-13-8-6-5-7-9-13/h5-9H,3-4,10-12H2,1-2H3. The normalized spacial score (nSPS) is 19.4. The van der Waals surface area contributed by atoms with E-state index >= 15 is 0 Å². The molecule has 2 rings (SSSR count). The second-order valence-electron chi connectivity index (χ2n) is 4.76. The van der Waals surface area contributed by atoms with E-state index in [1.807, 2.05) is 6.07 Å². The van der Waals surface area contributed by atoms with E-state index in [2.05, 4.69) is 43.2 Å². The van der Waals surface area contributed by atoms with Gasteiger partial charge in [0, 0.05) is 13.1 Å². The fourth-order valence-corrected chi connectivity index (χ4v) is 2.23. The Hall–Kier alpha value is -0.860. The summed E-state index contributed by atoms with van der Waals surface area (Å²) >= 11 is 0. The van der Waals surface area contributed by atoms with Crippen LogP contribution in [0.2, 0.25) is 0 Å². The molecule has 1 aromatic rings. The van der Waals surface area contributed by atoms with Crippen LogP contribution in [-0.4, -0.2) is 18.2 Å². The van der Waals surface area contributed by atoms with E-state index in [-0.39, 0.29) is 0 Å². The van der Waals surface area contributed by atoms with Crippen molar-refractivity contribution in [1.29, 1.82) is 0 Å². The Morgan fingerprint density at radius 1 is 1.12 bits per heavy atom. The van der Waals surface area contributed by atoms with Crippen molar-refractivity contribution < 1.29 is 4.84 Å². The topological polar surface area (TPSA) is 12.5 Å². The van der Waals surface area contributed by atoms with Crippen molar-refractivity contribution in [3.63, 3.8) is 0 Å². The van der Waals surface area contributed by atoms with E-state index in [0.717, 1.165) is 13.1 Å². The van der Waals surface area contributed by atoms with E-state index < -0.39 is 0 Å². The van der Waals surface area contributed by atoms with Crippen LogP contribution in [0.15, 0.2) is 30.3 Å². The number of hydroxylamine groups is 2. The quantitative estimate of drug-likeness (QED) is 0.753. The molecule has 1 heterocycles. The molecule has 0 unspecified atom stereocenters. The summed E-state index contributed by atoms with van der Waals surface area (Å²) in [7, 11) is 0. The smallest absolute Gasteiger partial charge is 0.0935 e. The molecule has 0 aromatic heterocycles. The van der Waals surface area contributed by atoms with Gasteiger partial charge in [0.2, 0.25) is 0 Å². The van der Waals surface area contributed by atoms with Crippen LogP contribution in [0.4, 0.5) is 0 Å². The van der Waals surface area contributed by atoms with E-state index in [0.29, 0.717) is 12.0 Å².